The van der Waals surface area contributed by atoms with Crippen molar-refractivity contribution in [2.24, 2.45) is 0 Å². The maximum atomic E-state index is 13.5. The third kappa shape index (κ3) is 7.67. The molecule has 0 unspecified atom stereocenters. The highest BCUT2D eigenvalue weighted by atomic mass is 32.2. The molecule has 0 heterocycles. The number of ether oxygens (including phenoxy) is 1. The van der Waals surface area contributed by atoms with Crippen molar-refractivity contribution in [3.63, 3.8) is 0 Å². The van der Waals surface area contributed by atoms with E-state index in [1.54, 1.807) is 31.2 Å². The molecule has 2 aromatic rings. The van der Waals surface area contributed by atoms with Crippen LogP contribution in [0.2, 0.25) is 0 Å². The molecule has 0 aliphatic rings. The van der Waals surface area contributed by atoms with Gasteiger partial charge in [0.2, 0.25) is 21.8 Å². The van der Waals surface area contributed by atoms with Crippen LogP contribution in [0.15, 0.2) is 48.5 Å². The lowest BCUT2D eigenvalue weighted by Gasteiger charge is -2.32. The number of nitro groups is 1. The summed E-state index contributed by atoms with van der Waals surface area (Å²) < 4.78 is 31.1. The second kappa shape index (κ2) is 12.3. The fourth-order valence-corrected chi connectivity index (χ4v) is 4.19. The molecule has 2 aromatic carbocycles. The number of methoxy groups -OCH3 is 1. The molecule has 36 heavy (non-hydrogen) atoms. The molecule has 0 aliphatic heterocycles. The van der Waals surface area contributed by atoms with Gasteiger partial charge in [-0.15, -0.1) is 0 Å². The zero-order chi connectivity index (χ0) is 27.0. The van der Waals surface area contributed by atoms with Gasteiger partial charge in [0, 0.05) is 24.7 Å². The van der Waals surface area contributed by atoms with E-state index in [2.05, 4.69) is 5.32 Å². The van der Waals surface area contributed by atoms with Gasteiger partial charge in [0.25, 0.3) is 5.69 Å². The topological polar surface area (TPSA) is 139 Å². The van der Waals surface area contributed by atoms with E-state index in [4.69, 9.17) is 4.74 Å². The van der Waals surface area contributed by atoms with Gasteiger partial charge in [0.1, 0.15) is 18.3 Å². The molecule has 0 spiro atoms. The monoisotopic (exact) mass is 520 g/mol. The van der Waals surface area contributed by atoms with E-state index in [1.807, 2.05) is 13.8 Å². The molecule has 12 heteroatoms. The fourth-order valence-electron chi connectivity index (χ4n) is 3.35. The SMILES string of the molecule is CC[C@@H](C)NC(=O)[C@H](C)N(Cc1ccc(OC)cc1)C(=O)CN(c1cccc([N+](=O)[O-])c1)S(C)(=O)=O. The molecule has 2 rings (SSSR count). The van der Waals surface area contributed by atoms with Gasteiger partial charge in [-0.1, -0.05) is 25.1 Å². The van der Waals surface area contributed by atoms with Crippen molar-refractivity contribution in [2.45, 2.75) is 45.8 Å². The van der Waals surface area contributed by atoms with Crippen molar-refractivity contribution in [3.05, 3.63) is 64.2 Å². The highest BCUT2D eigenvalue weighted by molar-refractivity contribution is 7.92. The van der Waals surface area contributed by atoms with Gasteiger partial charge in [-0.05, 0) is 44.0 Å². The molecule has 0 aliphatic carbocycles. The Morgan fingerprint density at radius 2 is 1.78 bits per heavy atom. The van der Waals surface area contributed by atoms with Crippen LogP contribution in [0.5, 0.6) is 5.75 Å². The minimum atomic E-state index is -3.99. The highest BCUT2D eigenvalue weighted by Gasteiger charge is 2.31. The normalized spacial score (nSPS) is 12.8. The lowest BCUT2D eigenvalue weighted by molar-refractivity contribution is -0.384. The van der Waals surface area contributed by atoms with Crippen LogP contribution in [0, 0.1) is 10.1 Å². The Morgan fingerprint density at radius 1 is 1.14 bits per heavy atom. The number of benzene rings is 2. The summed E-state index contributed by atoms with van der Waals surface area (Å²) in [5.41, 5.74) is 0.361. The summed E-state index contributed by atoms with van der Waals surface area (Å²) >= 11 is 0. The van der Waals surface area contributed by atoms with Crippen LogP contribution in [0.3, 0.4) is 0 Å². The first-order valence-corrected chi connectivity index (χ1v) is 13.2. The van der Waals surface area contributed by atoms with Gasteiger partial charge >= 0.3 is 0 Å². The summed E-state index contributed by atoms with van der Waals surface area (Å²) in [5.74, 6) is -0.407. The first kappa shape index (κ1) is 28.6. The Balaban J connectivity index is 2.42. The van der Waals surface area contributed by atoms with E-state index in [1.165, 1.54) is 30.2 Å². The summed E-state index contributed by atoms with van der Waals surface area (Å²) in [6, 6.07) is 10.9. The van der Waals surface area contributed by atoms with Gasteiger partial charge in [0.15, 0.2) is 0 Å². The van der Waals surface area contributed by atoms with Gasteiger partial charge in [-0.25, -0.2) is 8.42 Å². The molecular formula is C24H32N4O7S. The predicted molar refractivity (Wildman–Crippen MR) is 136 cm³/mol. The summed E-state index contributed by atoms with van der Waals surface area (Å²) in [6.45, 7) is 4.71. The van der Waals surface area contributed by atoms with Gasteiger partial charge in [-0.2, -0.15) is 0 Å². The Morgan fingerprint density at radius 3 is 2.31 bits per heavy atom. The van der Waals surface area contributed by atoms with Gasteiger partial charge in [-0.3, -0.25) is 24.0 Å². The minimum absolute atomic E-state index is 0.0267. The Hall–Kier alpha value is -3.67. The Labute approximate surface area is 211 Å². The van der Waals surface area contributed by atoms with E-state index in [0.29, 0.717) is 17.7 Å². The summed E-state index contributed by atoms with van der Waals surface area (Å²) in [4.78, 5) is 38.2. The quantitative estimate of drug-likeness (QED) is 0.335. The number of sulfonamides is 1. The van der Waals surface area contributed by atoms with Gasteiger partial charge in [0.05, 0.1) is 24.0 Å². The molecule has 0 saturated heterocycles. The van der Waals surface area contributed by atoms with E-state index in [0.717, 1.165) is 16.6 Å². The average Bonchev–Trinajstić information content (AvgIpc) is 2.84. The van der Waals surface area contributed by atoms with E-state index < -0.39 is 33.4 Å². The summed E-state index contributed by atoms with van der Waals surface area (Å²) in [5, 5.41) is 14.0. The zero-order valence-electron chi connectivity index (χ0n) is 21.0. The van der Waals surface area contributed by atoms with Gasteiger partial charge < -0.3 is 15.0 Å². The number of anilines is 1. The summed E-state index contributed by atoms with van der Waals surface area (Å²) in [7, 11) is -2.47. The van der Waals surface area contributed by atoms with E-state index in [-0.39, 0.29) is 29.9 Å². The summed E-state index contributed by atoms with van der Waals surface area (Å²) in [6.07, 6.45) is 1.60. The molecule has 2 amide bonds. The fraction of sp³-hybridized carbons (Fsp3) is 0.417. The first-order chi connectivity index (χ1) is 16.9. The Bertz CT molecular complexity index is 1190. The number of nitrogens with zero attached hydrogens (tertiary/aromatic N) is 3. The zero-order valence-corrected chi connectivity index (χ0v) is 21.8. The van der Waals surface area contributed by atoms with Crippen LogP contribution < -0.4 is 14.4 Å². The van der Waals surface area contributed by atoms with E-state index >= 15 is 0 Å². The number of nitrogens with one attached hydrogen (secondary N) is 1. The molecule has 0 fully saturated rings. The predicted octanol–water partition coefficient (Wildman–Crippen LogP) is 2.70. The molecule has 0 saturated carbocycles. The van der Waals surface area contributed by atoms with Crippen LogP contribution in [0.25, 0.3) is 0 Å². The molecule has 0 aromatic heterocycles. The number of carbonyl (C=O) groups is 2. The number of hydrogen-bond acceptors (Lipinski definition) is 7. The maximum Gasteiger partial charge on any atom is 0.271 e. The van der Waals surface area contributed by atoms with Crippen molar-refractivity contribution in [2.75, 3.05) is 24.2 Å². The molecule has 1 N–H and O–H groups in total. The maximum absolute atomic E-state index is 13.5. The third-order valence-corrected chi connectivity index (χ3v) is 6.83. The number of non-ortho nitro benzene ring substituents is 1. The molecule has 0 bridgehead atoms. The molecular weight excluding hydrogens is 488 g/mol. The smallest absolute Gasteiger partial charge is 0.271 e. The number of nitro benzene ring substituents is 1. The lowest BCUT2D eigenvalue weighted by atomic mass is 10.1. The average molecular weight is 521 g/mol. The van der Waals surface area contributed by atoms with Crippen LogP contribution in [0.4, 0.5) is 11.4 Å². The first-order valence-electron chi connectivity index (χ1n) is 11.3. The standard InChI is InChI=1S/C24H32N4O7S/c1-6-17(2)25-24(30)18(3)26(15-19-10-12-22(35-4)13-11-19)23(29)16-27(36(5,33)34)20-8-7-9-21(14-20)28(31)32/h7-14,17-18H,6,15-16H2,1-5H3,(H,25,30)/t17-,18+/m1/s1. The van der Waals surface area contributed by atoms with Crippen molar-refractivity contribution >= 4 is 33.2 Å². The number of rotatable bonds is 12. The van der Waals surface area contributed by atoms with Crippen molar-refractivity contribution in [3.8, 4) is 5.75 Å². The van der Waals surface area contributed by atoms with Crippen LogP contribution in [0.1, 0.15) is 32.8 Å². The second-order valence-corrected chi connectivity index (χ2v) is 10.3. The molecule has 196 valence electrons. The number of hydrogen-bond donors (Lipinski definition) is 1. The third-order valence-electron chi connectivity index (χ3n) is 5.69. The molecule has 11 nitrogen and oxygen atoms in total. The molecule has 2 atom stereocenters. The van der Waals surface area contributed by atoms with Crippen LogP contribution >= 0.6 is 0 Å². The van der Waals surface area contributed by atoms with Crippen molar-refractivity contribution < 1.29 is 27.7 Å². The van der Waals surface area contributed by atoms with Crippen LogP contribution in [-0.2, 0) is 26.2 Å². The van der Waals surface area contributed by atoms with Crippen molar-refractivity contribution in [1.82, 2.24) is 10.2 Å². The van der Waals surface area contributed by atoms with Crippen molar-refractivity contribution in [1.29, 1.82) is 0 Å². The van der Waals surface area contributed by atoms with Crippen LogP contribution in [-0.4, -0.2) is 62.0 Å². The Kier molecular flexibility index (Phi) is 9.79. The van der Waals surface area contributed by atoms with E-state index in [9.17, 15) is 28.1 Å². The molecule has 0 radical (unpaired) electrons. The number of carbonyl (C=O) groups excluding carboxylic acids is 2. The second-order valence-electron chi connectivity index (χ2n) is 8.41. The minimum Gasteiger partial charge on any atom is -0.497 e. The lowest BCUT2D eigenvalue weighted by Crippen LogP contribution is -2.52. The highest BCUT2D eigenvalue weighted by Crippen LogP contribution is 2.24. The number of amides is 2. The largest absolute Gasteiger partial charge is 0.497 e.